The third kappa shape index (κ3) is 3.63. The van der Waals surface area contributed by atoms with Crippen LogP contribution in [-0.2, 0) is 11.2 Å². The molecule has 23 heavy (non-hydrogen) atoms. The van der Waals surface area contributed by atoms with Crippen LogP contribution in [0.25, 0.3) is 10.6 Å². The summed E-state index contributed by atoms with van der Waals surface area (Å²) in [6.45, 7) is 8.19. The number of likely N-dealkylation sites (tertiary alicyclic amines) is 1. The first-order valence-corrected chi connectivity index (χ1v) is 9.16. The molecule has 1 aromatic heterocycles. The van der Waals surface area contributed by atoms with E-state index < -0.39 is 0 Å². The van der Waals surface area contributed by atoms with Crippen molar-refractivity contribution in [2.24, 2.45) is 5.92 Å². The molecule has 3 nitrogen and oxygen atoms in total. The molecule has 2 heterocycles. The summed E-state index contributed by atoms with van der Waals surface area (Å²) < 4.78 is 0. The van der Waals surface area contributed by atoms with Gasteiger partial charge in [0.25, 0.3) is 0 Å². The van der Waals surface area contributed by atoms with Gasteiger partial charge < -0.3 is 4.90 Å². The van der Waals surface area contributed by atoms with Crippen molar-refractivity contribution in [1.29, 1.82) is 0 Å². The van der Waals surface area contributed by atoms with E-state index in [-0.39, 0.29) is 5.91 Å². The molecular weight excluding hydrogens is 304 g/mol. The lowest BCUT2D eigenvalue weighted by Gasteiger charge is -2.30. The number of thiazole rings is 1. The maximum Gasteiger partial charge on any atom is 0.227 e. The van der Waals surface area contributed by atoms with Crippen LogP contribution in [0.4, 0.5) is 0 Å². The fourth-order valence-electron chi connectivity index (χ4n) is 3.03. The standard InChI is InChI=1S/C19H24N2OS/c1-13-8-10-21(11-9-13)18(22)12-17-15(3)20-19(23-17)16-7-5-4-6-14(16)2/h4-7,13H,8-12H2,1-3H3. The molecule has 0 bridgehead atoms. The fraction of sp³-hybridized carbons (Fsp3) is 0.474. The molecule has 122 valence electrons. The van der Waals surface area contributed by atoms with Gasteiger partial charge in [-0.15, -0.1) is 11.3 Å². The van der Waals surface area contributed by atoms with Crippen molar-refractivity contribution in [1.82, 2.24) is 9.88 Å². The van der Waals surface area contributed by atoms with Gasteiger partial charge in [0, 0.05) is 23.5 Å². The minimum atomic E-state index is 0.250. The lowest BCUT2D eigenvalue weighted by molar-refractivity contribution is -0.131. The van der Waals surface area contributed by atoms with Crippen LogP contribution in [-0.4, -0.2) is 28.9 Å². The Balaban J connectivity index is 1.74. The SMILES string of the molecule is Cc1ccccc1-c1nc(C)c(CC(=O)N2CCC(C)CC2)s1. The molecule has 3 rings (SSSR count). The summed E-state index contributed by atoms with van der Waals surface area (Å²) in [4.78, 5) is 20.4. The molecule has 0 atom stereocenters. The molecule has 4 heteroatoms. The Labute approximate surface area is 142 Å². The van der Waals surface area contributed by atoms with Gasteiger partial charge in [-0.2, -0.15) is 0 Å². The van der Waals surface area contributed by atoms with Gasteiger partial charge >= 0.3 is 0 Å². The molecule has 1 fully saturated rings. The van der Waals surface area contributed by atoms with Gasteiger partial charge in [0.05, 0.1) is 12.1 Å². The highest BCUT2D eigenvalue weighted by atomic mass is 32.1. The topological polar surface area (TPSA) is 33.2 Å². The largest absolute Gasteiger partial charge is 0.342 e. The predicted molar refractivity (Wildman–Crippen MR) is 95.7 cm³/mol. The number of hydrogen-bond acceptors (Lipinski definition) is 3. The van der Waals surface area contributed by atoms with E-state index >= 15 is 0 Å². The second-order valence-corrected chi connectivity index (χ2v) is 7.67. The minimum absolute atomic E-state index is 0.250. The summed E-state index contributed by atoms with van der Waals surface area (Å²) in [7, 11) is 0. The first kappa shape index (κ1) is 16.2. The Morgan fingerprint density at radius 3 is 2.65 bits per heavy atom. The smallest absolute Gasteiger partial charge is 0.227 e. The van der Waals surface area contributed by atoms with Crippen LogP contribution in [0.5, 0.6) is 0 Å². The number of nitrogens with zero attached hydrogens (tertiary/aromatic N) is 2. The quantitative estimate of drug-likeness (QED) is 0.845. The Hall–Kier alpha value is -1.68. The van der Waals surface area contributed by atoms with Crippen LogP contribution in [0.2, 0.25) is 0 Å². The van der Waals surface area contributed by atoms with Crippen LogP contribution in [0.1, 0.15) is 35.9 Å². The van der Waals surface area contributed by atoms with E-state index in [1.54, 1.807) is 11.3 Å². The van der Waals surface area contributed by atoms with Crippen LogP contribution in [0, 0.1) is 19.8 Å². The Morgan fingerprint density at radius 1 is 1.26 bits per heavy atom. The van der Waals surface area contributed by atoms with Crippen molar-refractivity contribution in [2.75, 3.05) is 13.1 Å². The summed E-state index contributed by atoms with van der Waals surface area (Å²) in [5.41, 5.74) is 3.39. The first-order chi connectivity index (χ1) is 11.0. The Morgan fingerprint density at radius 2 is 1.96 bits per heavy atom. The molecule has 0 saturated carbocycles. The van der Waals surface area contributed by atoms with Crippen molar-refractivity contribution < 1.29 is 4.79 Å². The van der Waals surface area contributed by atoms with Crippen molar-refractivity contribution in [3.05, 3.63) is 40.4 Å². The third-order valence-corrected chi connectivity index (χ3v) is 5.91. The molecule has 0 unspecified atom stereocenters. The number of amides is 1. The second kappa shape index (κ2) is 6.83. The van der Waals surface area contributed by atoms with Gasteiger partial charge in [0.1, 0.15) is 5.01 Å². The van der Waals surface area contributed by atoms with E-state index in [1.165, 1.54) is 11.1 Å². The summed E-state index contributed by atoms with van der Waals surface area (Å²) in [6.07, 6.45) is 2.74. The van der Waals surface area contributed by atoms with Crippen LogP contribution < -0.4 is 0 Å². The van der Waals surface area contributed by atoms with Crippen LogP contribution in [0.3, 0.4) is 0 Å². The predicted octanol–water partition coefficient (Wildman–Crippen LogP) is 4.23. The van der Waals surface area contributed by atoms with E-state index in [4.69, 9.17) is 4.98 Å². The highest BCUT2D eigenvalue weighted by molar-refractivity contribution is 7.15. The monoisotopic (exact) mass is 328 g/mol. The van der Waals surface area contributed by atoms with E-state index in [2.05, 4.69) is 26.0 Å². The molecule has 1 aliphatic rings. The van der Waals surface area contributed by atoms with Crippen molar-refractivity contribution >= 4 is 17.2 Å². The fourth-order valence-corrected chi connectivity index (χ4v) is 4.17. The number of piperidine rings is 1. The zero-order valence-electron chi connectivity index (χ0n) is 14.1. The average Bonchev–Trinajstić information content (AvgIpc) is 2.89. The molecule has 1 aliphatic heterocycles. The molecule has 0 aliphatic carbocycles. The molecule has 2 aromatic rings. The van der Waals surface area contributed by atoms with Crippen molar-refractivity contribution in [3.8, 4) is 10.6 Å². The summed E-state index contributed by atoms with van der Waals surface area (Å²) in [5, 5.41) is 1.02. The zero-order valence-corrected chi connectivity index (χ0v) is 14.9. The van der Waals surface area contributed by atoms with Gasteiger partial charge in [-0.25, -0.2) is 4.98 Å². The maximum absolute atomic E-state index is 12.5. The van der Waals surface area contributed by atoms with Gasteiger partial charge in [0.15, 0.2) is 0 Å². The van der Waals surface area contributed by atoms with E-state index in [0.29, 0.717) is 6.42 Å². The first-order valence-electron chi connectivity index (χ1n) is 8.34. The zero-order chi connectivity index (χ0) is 16.4. The third-order valence-electron chi connectivity index (χ3n) is 4.72. The number of carbonyl (C=O) groups is 1. The van der Waals surface area contributed by atoms with Gasteiger partial charge in [0.2, 0.25) is 5.91 Å². The molecule has 0 spiro atoms. The highest BCUT2D eigenvalue weighted by Gasteiger charge is 2.22. The molecule has 1 saturated heterocycles. The lowest BCUT2D eigenvalue weighted by Crippen LogP contribution is -2.38. The van der Waals surface area contributed by atoms with Gasteiger partial charge in [-0.3, -0.25) is 4.79 Å². The average molecular weight is 328 g/mol. The second-order valence-electron chi connectivity index (χ2n) is 6.58. The maximum atomic E-state index is 12.5. The number of carbonyl (C=O) groups excluding carboxylic acids is 1. The molecule has 0 N–H and O–H groups in total. The number of benzene rings is 1. The van der Waals surface area contributed by atoms with E-state index in [0.717, 1.165) is 47.4 Å². The number of hydrogen-bond donors (Lipinski definition) is 0. The van der Waals surface area contributed by atoms with E-state index in [1.807, 2.05) is 24.0 Å². The van der Waals surface area contributed by atoms with Gasteiger partial charge in [-0.1, -0.05) is 31.2 Å². The molecular formula is C19H24N2OS. The highest BCUT2D eigenvalue weighted by Crippen LogP contribution is 2.30. The summed E-state index contributed by atoms with van der Waals surface area (Å²) in [6, 6.07) is 8.29. The lowest BCUT2D eigenvalue weighted by atomic mass is 9.99. The molecule has 0 radical (unpaired) electrons. The Kier molecular flexibility index (Phi) is 4.81. The minimum Gasteiger partial charge on any atom is -0.342 e. The Bertz CT molecular complexity index is 699. The normalized spacial score (nSPS) is 15.9. The number of rotatable bonds is 3. The van der Waals surface area contributed by atoms with Crippen molar-refractivity contribution in [2.45, 2.75) is 40.0 Å². The van der Waals surface area contributed by atoms with Crippen LogP contribution in [0.15, 0.2) is 24.3 Å². The number of aryl methyl sites for hydroxylation is 2. The number of aromatic nitrogens is 1. The molecule has 1 aromatic carbocycles. The van der Waals surface area contributed by atoms with Crippen LogP contribution >= 0.6 is 11.3 Å². The van der Waals surface area contributed by atoms with Crippen molar-refractivity contribution in [3.63, 3.8) is 0 Å². The van der Waals surface area contributed by atoms with E-state index in [9.17, 15) is 4.79 Å². The summed E-state index contributed by atoms with van der Waals surface area (Å²) in [5.74, 6) is 0.997. The van der Waals surface area contributed by atoms with Gasteiger partial charge in [-0.05, 0) is 38.2 Å². The molecule has 1 amide bonds. The summed E-state index contributed by atoms with van der Waals surface area (Å²) >= 11 is 1.66.